The summed E-state index contributed by atoms with van der Waals surface area (Å²) in [5.41, 5.74) is 15.0. The average molecular weight is 689 g/mol. The monoisotopic (exact) mass is 688 g/mol. The maximum Gasteiger partial charge on any atom is 0.159 e. The van der Waals surface area contributed by atoms with Gasteiger partial charge in [0.2, 0.25) is 0 Å². The highest BCUT2D eigenvalue weighted by molar-refractivity contribution is 6.14. The molecule has 8 aromatic carbocycles. The standard InChI is InChI=1S/C51H32N2O/c1-4-13-33(14-5-1)36-23-26-40-41-27-24-37(34-15-6-2-7-16-34)30-49(41)53(48(40)29-36)47-22-12-20-43-42-28-25-38(31-50(42)54-51(43)47)44-32-46(35-17-8-3-9-18-35)52-45-21-11-10-19-39(44)45/h1-32H. The fourth-order valence-corrected chi connectivity index (χ4v) is 8.20. The lowest BCUT2D eigenvalue weighted by Crippen LogP contribution is -1.95. The molecule has 11 rings (SSSR count). The van der Waals surface area contributed by atoms with Crippen molar-refractivity contribution >= 4 is 54.6 Å². The fourth-order valence-electron chi connectivity index (χ4n) is 8.20. The van der Waals surface area contributed by atoms with Crippen LogP contribution in [0.2, 0.25) is 0 Å². The highest BCUT2D eigenvalue weighted by atomic mass is 16.3. The highest BCUT2D eigenvalue weighted by Gasteiger charge is 2.20. The van der Waals surface area contributed by atoms with Gasteiger partial charge in [-0.05, 0) is 75.8 Å². The summed E-state index contributed by atoms with van der Waals surface area (Å²) in [6.45, 7) is 0. The molecule has 0 bridgehead atoms. The molecule has 0 saturated carbocycles. The van der Waals surface area contributed by atoms with Crippen molar-refractivity contribution in [1.82, 2.24) is 9.55 Å². The Hall–Kier alpha value is -7.23. The molecule has 252 valence electrons. The summed E-state index contributed by atoms with van der Waals surface area (Å²) in [7, 11) is 0. The normalized spacial score (nSPS) is 11.7. The third kappa shape index (κ3) is 4.87. The minimum Gasteiger partial charge on any atom is -0.454 e. The largest absolute Gasteiger partial charge is 0.454 e. The van der Waals surface area contributed by atoms with E-state index in [1.165, 1.54) is 33.0 Å². The van der Waals surface area contributed by atoms with Gasteiger partial charge in [-0.3, -0.25) is 0 Å². The summed E-state index contributed by atoms with van der Waals surface area (Å²) < 4.78 is 9.39. The fraction of sp³-hybridized carbons (Fsp3) is 0. The van der Waals surface area contributed by atoms with E-state index < -0.39 is 0 Å². The molecule has 3 nitrogen and oxygen atoms in total. The van der Waals surface area contributed by atoms with Gasteiger partial charge in [0.15, 0.2) is 5.58 Å². The SMILES string of the molecule is c1ccc(-c2ccc3c4ccc(-c5ccccc5)cc4n(-c4cccc5c4oc4cc(-c6cc(-c7ccccc7)nc7ccccc67)ccc45)c3c2)cc1. The Morgan fingerprint density at radius 2 is 0.926 bits per heavy atom. The number of fused-ring (bicyclic) bond motifs is 7. The topological polar surface area (TPSA) is 31.0 Å². The number of rotatable bonds is 5. The lowest BCUT2D eigenvalue weighted by Gasteiger charge is -2.10. The van der Waals surface area contributed by atoms with E-state index in [1.54, 1.807) is 0 Å². The molecule has 0 fully saturated rings. The Balaban J connectivity index is 1.15. The van der Waals surface area contributed by atoms with Gasteiger partial charge in [0.1, 0.15) is 5.58 Å². The van der Waals surface area contributed by atoms with Gasteiger partial charge in [-0.15, -0.1) is 0 Å². The van der Waals surface area contributed by atoms with Crippen molar-refractivity contribution in [3.8, 4) is 50.3 Å². The van der Waals surface area contributed by atoms with Gasteiger partial charge in [0.25, 0.3) is 0 Å². The minimum absolute atomic E-state index is 0.854. The molecule has 0 unspecified atom stereocenters. The molecule has 11 aromatic rings. The van der Waals surface area contributed by atoms with Gasteiger partial charge >= 0.3 is 0 Å². The molecule has 0 amide bonds. The van der Waals surface area contributed by atoms with Crippen LogP contribution in [0.1, 0.15) is 0 Å². The number of hydrogen-bond acceptors (Lipinski definition) is 2. The van der Waals surface area contributed by atoms with Crippen LogP contribution in [-0.2, 0) is 0 Å². The van der Waals surface area contributed by atoms with E-state index in [1.807, 2.05) is 6.07 Å². The predicted octanol–water partition coefficient (Wildman–Crippen LogP) is 13.9. The number of furan rings is 1. The Labute approximate surface area is 312 Å². The van der Waals surface area contributed by atoms with Crippen LogP contribution in [0.5, 0.6) is 0 Å². The van der Waals surface area contributed by atoms with Crippen molar-refractivity contribution < 1.29 is 4.42 Å². The molecule has 54 heavy (non-hydrogen) atoms. The molecule has 0 N–H and O–H groups in total. The zero-order chi connectivity index (χ0) is 35.6. The van der Waals surface area contributed by atoms with Gasteiger partial charge < -0.3 is 8.98 Å². The second kappa shape index (κ2) is 12.2. The molecule has 3 heterocycles. The molecule has 0 aliphatic rings. The van der Waals surface area contributed by atoms with E-state index in [-0.39, 0.29) is 0 Å². The zero-order valence-electron chi connectivity index (χ0n) is 29.3. The van der Waals surface area contributed by atoms with Crippen molar-refractivity contribution in [3.05, 3.63) is 194 Å². The van der Waals surface area contributed by atoms with Gasteiger partial charge in [-0.25, -0.2) is 4.98 Å². The summed E-state index contributed by atoms with van der Waals surface area (Å²) in [6, 6.07) is 69.0. The quantitative estimate of drug-likeness (QED) is 0.180. The van der Waals surface area contributed by atoms with E-state index >= 15 is 0 Å². The van der Waals surface area contributed by atoms with Crippen molar-refractivity contribution in [2.45, 2.75) is 0 Å². The molecular formula is C51H32N2O. The van der Waals surface area contributed by atoms with Crippen LogP contribution in [0.4, 0.5) is 0 Å². The molecule has 0 radical (unpaired) electrons. The smallest absolute Gasteiger partial charge is 0.159 e. The number of hydrogen-bond donors (Lipinski definition) is 0. The molecule has 0 atom stereocenters. The van der Waals surface area contributed by atoms with Gasteiger partial charge in [-0.2, -0.15) is 0 Å². The summed E-state index contributed by atoms with van der Waals surface area (Å²) >= 11 is 0. The second-order valence-corrected chi connectivity index (χ2v) is 13.9. The molecule has 0 saturated heterocycles. The maximum absolute atomic E-state index is 6.99. The van der Waals surface area contributed by atoms with Crippen molar-refractivity contribution in [2.24, 2.45) is 0 Å². The third-order valence-electron chi connectivity index (χ3n) is 10.8. The van der Waals surface area contributed by atoms with Crippen LogP contribution in [0, 0.1) is 0 Å². The zero-order valence-corrected chi connectivity index (χ0v) is 29.3. The molecule has 0 spiro atoms. The van der Waals surface area contributed by atoms with E-state index in [4.69, 9.17) is 9.40 Å². The van der Waals surface area contributed by atoms with Crippen LogP contribution in [0.15, 0.2) is 199 Å². The second-order valence-electron chi connectivity index (χ2n) is 13.9. The molecule has 3 heteroatoms. The van der Waals surface area contributed by atoms with Crippen LogP contribution in [-0.4, -0.2) is 9.55 Å². The predicted molar refractivity (Wildman–Crippen MR) is 225 cm³/mol. The molecular weight excluding hydrogens is 657 g/mol. The Bertz CT molecular complexity index is 3100. The first-order valence-corrected chi connectivity index (χ1v) is 18.4. The van der Waals surface area contributed by atoms with E-state index in [2.05, 4.69) is 193 Å². The first-order chi connectivity index (χ1) is 26.8. The van der Waals surface area contributed by atoms with Crippen LogP contribution in [0.25, 0.3) is 105 Å². The minimum atomic E-state index is 0.854. The van der Waals surface area contributed by atoms with E-state index in [9.17, 15) is 0 Å². The van der Waals surface area contributed by atoms with Gasteiger partial charge in [0.05, 0.1) is 27.9 Å². The van der Waals surface area contributed by atoms with Crippen molar-refractivity contribution in [2.75, 3.05) is 0 Å². The number of benzene rings is 8. The van der Waals surface area contributed by atoms with Gasteiger partial charge in [0, 0.05) is 32.5 Å². The Kier molecular flexibility index (Phi) is 6.86. The lowest BCUT2D eigenvalue weighted by atomic mass is 9.97. The maximum atomic E-state index is 6.99. The summed E-state index contributed by atoms with van der Waals surface area (Å²) in [6.07, 6.45) is 0. The first-order valence-electron chi connectivity index (χ1n) is 18.4. The molecule has 0 aliphatic heterocycles. The molecule has 3 aromatic heterocycles. The van der Waals surface area contributed by atoms with Crippen LogP contribution in [0.3, 0.4) is 0 Å². The Morgan fingerprint density at radius 3 is 1.59 bits per heavy atom. The number of pyridine rings is 1. The first kappa shape index (κ1) is 30.4. The highest BCUT2D eigenvalue weighted by Crippen LogP contribution is 2.42. The summed E-state index contributed by atoms with van der Waals surface area (Å²) in [4.78, 5) is 5.04. The number of aromatic nitrogens is 2. The summed E-state index contributed by atoms with van der Waals surface area (Å²) in [5.74, 6) is 0. The van der Waals surface area contributed by atoms with Crippen LogP contribution >= 0.6 is 0 Å². The van der Waals surface area contributed by atoms with E-state index in [0.717, 1.165) is 71.9 Å². The van der Waals surface area contributed by atoms with Crippen molar-refractivity contribution in [1.29, 1.82) is 0 Å². The average Bonchev–Trinajstić information content (AvgIpc) is 3.79. The number of para-hydroxylation sites is 2. The third-order valence-corrected chi connectivity index (χ3v) is 10.8. The van der Waals surface area contributed by atoms with Gasteiger partial charge in [-0.1, -0.05) is 152 Å². The van der Waals surface area contributed by atoms with E-state index in [0.29, 0.717) is 0 Å². The number of nitrogens with zero attached hydrogens (tertiary/aromatic N) is 2. The van der Waals surface area contributed by atoms with Crippen molar-refractivity contribution in [3.63, 3.8) is 0 Å². The molecule has 0 aliphatic carbocycles. The summed E-state index contributed by atoms with van der Waals surface area (Å²) in [5, 5.41) is 5.71. The lowest BCUT2D eigenvalue weighted by molar-refractivity contribution is 0.666. The van der Waals surface area contributed by atoms with Crippen LogP contribution < -0.4 is 0 Å². The Morgan fingerprint density at radius 1 is 0.370 bits per heavy atom.